The first-order chi connectivity index (χ1) is 8.81. The maximum Gasteiger partial charge on any atom is 0.0713 e. The van der Waals surface area contributed by atoms with Crippen LogP contribution in [0.2, 0.25) is 5.02 Å². The molecule has 0 amide bonds. The van der Waals surface area contributed by atoms with Crippen LogP contribution in [0.5, 0.6) is 0 Å². The highest BCUT2D eigenvalue weighted by molar-refractivity contribution is 6.36. The monoisotopic (exact) mass is 251 g/mol. The summed E-state index contributed by atoms with van der Waals surface area (Å²) in [5, 5.41) is 0.768. The quantitative estimate of drug-likeness (QED) is 0.653. The SMILES string of the molecule is Clc1ccc2c(c1)C1=Cc3ccccc3CC1=N2. The molecular formula is C16H10ClN. The highest BCUT2D eigenvalue weighted by atomic mass is 35.5. The zero-order valence-electron chi connectivity index (χ0n) is 9.65. The second kappa shape index (κ2) is 3.56. The Morgan fingerprint density at radius 2 is 1.94 bits per heavy atom. The molecular weight excluding hydrogens is 242 g/mol. The van der Waals surface area contributed by atoms with Crippen molar-refractivity contribution in [3.63, 3.8) is 0 Å². The van der Waals surface area contributed by atoms with Gasteiger partial charge in [-0.15, -0.1) is 0 Å². The van der Waals surface area contributed by atoms with E-state index in [-0.39, 0.29) is 0 Å². The zero-order chi connectivity index (χ0) is 12.1. The Morgan fingerprint density at radius 1 is 1.06 bits per heavy atom. The van der Waals surface area contributed by atoms with Crippen LogP contribution in [0.1, 0.15) is 16.7 Å². The van der Waals surface area contributed by atoms with Crippen molar-refractivity contribution in [2.45, 2.75) is 6.42 Å². The van der Waals surface area contributed by atoms with Crippen molar-refractivity contribution in [2.24, 2.45) is 4.99 Å². The third kappa shape index (κ3) is 1.37. The zero-order valence-corrected chi connectivity index (χ0v) is 10.4. The van der Waals surface area contributed by atoms with Crippen LogP contribution in [0.3, 0.4) is 0 Å². The van der Waals surface area contributed by atoms with Crippen LogP contribution < -0.4 is 0 Å². The molecule has 2 aromatic rings. The third-order valence-corrected chi connectivity index (χ3v) is 3.76. The highest BCUT2D eigenvalue weighted by Gasteiger charge is 2.24. The van der Waals surface area contributed by atoms with Crippen LogP contribution in [0.25, 0.3) is 11.6 Å². The summed E-state index contributed by atoms with van der Waals surface area (Å²) in [5.74, 6) is 0. The number of fused-ring (bicyclic) bond motifs is 4. The van der Waals surface area contributed by atoms with Crippen LogP contribution >= 0.6 is 11.6 Å². The van der Waals surface area contributed by atoms with Crippen molar-refractivity contribution in [2.75, 3.05) is 0 Å². The van der Waals surface area contributed by atoms with Crippen LogP contribution in [0, 0.1) is 0 Å². The molecule has 18 heavy (non-hydrogen) atoms. The van der Waals surface area contributed by atoms with Gasteiger partial charge in [0.15, 0.2) is 0 Å². The van der Waals surface area contributed by atoms with Gasteiger partial charge in [-0.3, -0.25) is 4.99 Å². The number of allylic oxidation sites excluding steroid dienone is 1. The summed E-state index contributed by atoms with van der Waals surface area (Å²) < 4.78 is 0. The molecule has 1 heterocycles. The fourth-order valence-corrected chi connectivity index (χ4v) is 2.82. The summed E-state index contributed by atoms with van der Waals surface area (Å²) >= 11 is 6.08. The van der Waals surface area contributed by atoms with Gasteiger partial charge in [0, 0.05) is 22.6 Å². The predicted octanol–water partition coefficient (Wildman–Crippen LogP) is 4.52. The average molecular weight is 252 g/mol. The van der Waals surface area contributed by atoms with E-state index < -0.39 is 0 Å². The van der Waals surface area contributed by atoms with Gasteiger partial charge in [-0.2, -0.15) is 0 Å². The number of hydrogen-bond acceptors (Lipinski definition) is 1. The molecule has 1 nitrogen and oxygen atoms in total. The first-order valence-electron chi connectivity index (χ1n) is 5.99. The van der Waals surface area contributed by atoms with Crippen LogP contribution in [-0.2, 0) is 6.42 Å². The fraction of sp³-hybridized carbons (Fsp3) is 0.0625. The minimum absolute atomic E-state index is 0.768. The van der Waals surface area contributed by atoms with Crippen LogP contribution in [-0.4, -0.2) is 5.71 Å². The fourth-order valence-electron chi connectivity index (χ4n) is 2.65. The molecule has 2 heteroatoms. The van der Waals surface area contributed by atoms with E-state index in [1.807, 2.05) is 18.2 Å². The van der Waals surface area contributed by atoms with Crippen molar-refractivity contribution in [3.05, 3.63) is 64.2 Å². The van der Waals surface area contributed by atoms with Gasteiger partial charge in [-0.25, -0.2) is 0 Å². The van der Waals surface area contributed by atoms with E-state index in [9.17, 15) is 0 Å². The molecule has 0 saturated carbocycles. The van der Waals surface area contributed by atoms with Crippen molar-refractivity contribution < 1.29 is 0 Å². The number of benzene rings is 2. The molecule has 0 spiro atoms. The molecule has 0 radical (unpaired) electrons. The van der Waals surface area contributed by atoms with Crippen molar-refractivity contribution in [1.29, 1.82) is 0 Å². The second-order valence-corrected chi connectivity index (χ2v) is 5.09. The maximum atomic E-state index is 6.08. The third-order valence-electron chi connectivity index (χ3n) is 3.53. The van der Waals surface area contributed by atoms with Crippen LogP contribution in [0.15, 0.2) is 47.5 Å². The summed E-state index contributed by atoms with van der Waals surface area (Å²) in [5.41, 5.74) is 7.22. The van der Waals surface area contributed by atoms with Crippen LogP contribution in [0.4, 0.5) is 5.69 Å². The molecule has 86 valence electrons. The summed E-state index contributed by atoms with van der Waals surface area (Å²) in [6.45, 7) is 0. The van der Waals surface area contributed by atoms with Gasteiger partial charge in [0.25, 0.3) is 0 Å². The Kier molecular flexibility index (Phi) is 2.00. The number of rotatable bonds is 0. The second-order valence-electron chi connectivity index (χ2n) is 4.65. The van der Waals surface area contributed by atoms with Gasteiger partial charge in [-0.05, 0) is 35.4 Å². The van der Waals surface area contributed by atoms with Gasteiger partial charge in [-0.1, -0.05) is 35.9 Å². The maximum absolute atomic E-state index is 6.08. The van der Waals surface area contributed by atoms with E-state index in [2.05, 4.69) is 30.3 Å². The lowest BCUT2D eigenvalue weighted by Gasteiger charge is -2.14. The Hall–Kier alpha value is -1.86. The Morgan fingerprint density at radius 3 is 2.89 bits per heavy atom. The van der Waals surface area contributed by atoms with E-state index in [0.717, 1.165) is 28.4 Å². The van der Waals surface area contributed by atoms with E-state index in [0.29, 0.717) is 0 Å². The molecule has 1 aliphatic heterocycles. The first kappa shape index (κ1) is 10.1. The summed E-state index contributed by atoms with van der Waals surface area (Å²) in [6, 6.07) is 14.4. The van der Waals surface area contributed by atoms with Gasteiger partial charge in [0.2, 0.25) is 0 Å². The van der Waals surface area contributed by atoms with Crippen molar-refractivity contribution in [1.82, 2.24) is 0 Å². The van der Waals surface area contributed by atoms with Gasteiger partial charge < -0.3 is 0 Å². The summed E-state index contributed by atoms with van der Waals surface area (Å²) in [7, 11) is 0. The minimum atomic E-state index is 0.768. The molecule has 4 rings (SSSR count). The van der Waals surface area contributed by atoms with Gasteiger partial charge in [0.1, 0.15) is 0 Å². The topological polar surface area (TPSA) is 12.4 Å². The van der Waals surface area contributed by atoms with E-state index in [1.54, 1.807) is 0 Å². The molecule has 1 aliphatic carbocycles. The first-order valence-corrected chi connectivity index (χ1v) is 6.36. The molecule has 0 unspecified atom stereocenters. The van der Waals surface area contributed by atoms with Gasteiger partial charge >= 0.3 is 0 Å². The minimum Gasteiger partial charge on any atom is -0.252 e. The smallest absolute Gasteiger partial charge is 0.0713 e. The predicted molar refractivity (Wildman–Crippen MR) is 76.6 cm³/mol. The Balaban J connectivity index is 1.96. The lowest BCUT2D eigenvalue weighted by atomic mass is 9.88. The van der Waals surface area contributed by atoms with Gasteiger partial charge in [0.05, 0.1) is 11.4 Å². The molecule has 2 aliphatic rings. The molecule has 0 atom stereocenters. The lowest BCUT2D eigenvalue weighted by molar-refractivity contribution is 1.31. The molecule has 0 saturated heterocycles. The lowest BCUT2D eigenvalue weighted by Crippen LogP contribution is -2.08. The Bertz CT molecular complexity index is 726. The Labute approximate surface area is 110 Å². The van der Waals surface area contributed by atoms with Crippen molar-refractivity contribution >= 4 is 34.6 Å². The van der Waals surface area contributed by atoms with E-state index in [4.69, 9.17) is 16.6 Å². The number of hydrogen-bond donors (Lipinski definition) is 0. The molecule has 0 aromatic heterocycles. The summed E-state index contributed by atoms with van der Waals surface area (Å²) in [4.78, 5) is 4.70. The average Bonchev–Trinajstić information content (AvgIpc) is 2.73. The molecule has 0 bridgehead atoms. The molecule has 0 fully saturated rings. The molecule has 2 aromatic carbocycles. The van der Waals surface area contributed by atoms with E-state index in [1.165, 1.54) is 16.7 Å². The molecule has 0 N–H and O–H groups in total. The highest BCUT2D eigenvalue weighted by Crippen LogP contribution is 2.40. The summed E-state index contributed by atoms with van der Waals surface area (Å²) in [6.07, 6.45) is 3.13. The van der Waals surface area contributed by atoms with Crippen molar-refractivity contribution in [3.8, 4) is 0 Å². The number of nitrogens with zero attached hydrogens (tertiary/aromatic N) is 1. The normalized spacial score (nSPS) is 15.4. The standard InChI is InChI=1S/C16H10ClN/c17-12-5-6-15-14(9-12)13-7-10-3-1-2-4-11(10)8-16(13)18-15/h1-7,9H,8H2. The largest absolute Gasteiger partial charge is 0.252 e. The number of aliphatic imine (C=N–C) groups is 1. The van der Waals surface area contributed by atoms with E-state index >= 15 is 0 Å². The number of halogens is 1.